The van der Waals surface area contributed by atoms with Crippen LogP contribution in [0.1, 0.15) is 44.7 Å². The summed E-state index contributed by atoms with van der Waals surface area (Å²) in [5.41, 5.74) is 2.89. The van der Waals surface area contributed by atoms with Crippen molar-refractivity contribution >= 4 is 23.4 Å². The second kappa shape index (κ2) is 6.98. The first-order chi connectivity index (χ1) is 11.2. The zero-order valence-corrected chi connectivity index (χ0v) is 15.5. The van der Waals surface area contributed by atoms with E-state index in [1.54, 1.807) is 0 Å². The van der Waals surface area contributed by atoms with Gasteiger partial charge in [0.2, 0.25) is 0 Å². The fourth-order valence-corrected chi connectivity index (χ4v) is 4.24. The molecule has 6 heteroatoms. The van der Waals surface area contributed by atoms with Crippen LogP contribution >= 0.6 is 12.4 Å². The topological polar surface area (TPSA) is 46.0 Å². The van der Waals surface area contributed by atoms with E-state index in [0.717, 1.165) is 17.6 Å². The predicted molar refractivity (Wildman–Crippen MR) is 99.6 cm³/mol. The Morgan fingerprint density at radius 3 is 2.75 bits per heavy atom. The third-order valence-corrected chi connectivity index (χ3v) is 5.57. The van der Waals surface area contributed by atoms with Gasteiger partial charge in [-0.05, 0) is 69.8 Å². The van der Waals surface area contributed by atoms with Crippen LogP contribution in [0, 0.1) is 5.41 Å². The molecular weight excluding hydrogens is 322 g/mol. The van der Waals surface area contributed by atoms with Gasteiger partial charge in [0.15, 0.2) is 5.65 Å². The van der Waals surface area contributed by atoms with Crippen LogP contribution in [0.25, 0.3) is 11.0 Å². The average Bonchev–Trinajstić information content (AvgIpc) is 3.12. The zero-order chi connectivity index (χ0) is 15.9. The van der Waals surface area contributed by atoms with Gasteiger partial charge in [0.05, 0.1) is 6.20 Å². The Bertz CT molecular complexity index is 690. The molecule has 0 unspecified atom stereocenters. The number of likely N-dealkylation sites (tertiary alicyclic amines) is 1. The number of fused-ring (bicyclic) bond motifs is 1. The van der Waals surface area contributed by atoms with E-state index >= 15 is 0 Å². The predicted octanol–water partition coefficient (Wildman–Crippen LogP) is 3.01. The summed E-state index contributed by atoms with van der Waals surface area (Å²) in [6, 6.07) is 2.62. The molecular formula is C18H28ClN5. The lowest BCUT2D eigenvalue weighted by molar-refractivity contribution is 0.194. The van der Waals surface area contributed by atoms with Crippen molar-refractivity contribution < 1.29 is 0 Å². The number of piperidine rings is 1. The number of nitrogens with one attached hydrogen (secondary N) is 1. The number of pyridine rings is 1. The molecule has 2 saturated heterocycles. The van der Waals surface area contributed by atoms with Gasteiger partial charge in [-0.3, -0.25) is 4.90 Å². The molecule has 2 aromatic heterocycles. The number of rotatable bonds is 3. The number of hydrogen-bond donors (Lipinski definition) is 1. The van der Waals surface area contributed by atoms with Gasteiger partial charge in [-0.1, -0.05) is 0 Å². The van der Waals surface area contributed by atoms with E-state index in [4.69, 9.17) is 0 Å². The van der Waals surface area contributed by atoms with Crippen LogP contribution in [0.2, 0.25) is 0 Å². The molecule has 1 spiro atoms. The molecule has 4 rings (SSSR count). The normalized spacial score (nSPS) is 20.8. The van der Waals surface area contributed by atoms with Crippen molar-refractivity contribution in [3.8, 4) is 0 Å². The van der Waals surface area contributed by atoms with E-state index in [1.807, 2.05) is 17.1 Å². The molecule has 5 nitrogen and oxygen atoms in total. The summed E-state index contributed by atoms with van der Waals surface area (Å²) >= 11 is 0. The minimum absolute atomic E-state index is 0. The van der Waals surface area contributed by atoms with Crippen LogP contribution < -0.4 is 5.32 Å². The van der Waals surface area contributed by atoms with Gasteiger partial charge >= 0.3 is 0 Å². The number of aromatic nitrogens is 3. The summed E-state index contributed by atoms with van der Waals surface area (Å²) in [6.07, 6.45) is 8.01. The summed E-state index contributed by atoms with van der Waals surface area (Å²) in [6.45, 7) is 10.2. The average molecular weight is 350 g/mol. The second-order valence-electron chi connectivity index (χ2n) is 7.65. The first-order valence-electron chi connectivity index (χ1n) is 8.90. The molecule has 2 fully saturated rings. The highest BCUT2D eigenvalue weighted by molar-refractivity contribution is 5.85. The maximum absolute atomic E-state index is 4.67. The largest absolute Gasteiger partial charge is 0.317 e. The lowest BCUT2D eigenvalue weighted by Gasteiger charge is -2.33. The smallest absolute Gasteiger partial charge is 0.157 e. The maximum atomic E-state index is 4.67. The molecule has 2 aliphatic heterocycles. The van der Waals surface area contributed by atoms with Crippen LogP contribution in [0.4, 0.5) is 0 Å². The fraction of sp³-hybridized carbons (Fsp3) is 0.667. The van der Waals surface area contributed by atoms with Gasteiger partial charge in [0.1, 0.15) is 0 Å². The minimum Gasteiger partial charge on any atom is -0.317 e. The van der Waals surface area contributed by atoms with Crippen LogP contribution in [0.5, 0.6) is 0 Å². The van der Waals surface area contributed by atoms with Crippen LogP contribution in [0.15, 0.2) is 18.5 Å². The Morgan fingerprint density at radius 2 is 2.00 bits per heavy atom. The van der Waals surface area contributed by atoms with E-state index in [2.05, 4.69) is 40.2 Å². The summed E-state index contributed by atoms with van der Waals surface area (Å²) in [5.74, 6) is 0. The van der Waals surface area contributed by atoms with E-state index in [9.17, 15) is 0 Å². The highest BCUT2D eigenvalue weighted by atomic mass is 35.5. The van der Waals surface area contributed by atoms with Crippen molar-refractivity contribution in [2.24, 2.45) is 5.41 Å². The Kier molecular flexibility index (Phi) is 5.13. The second-order valence-corrected chi connectivity index (χ2v) is 7.65. The van der Waals surface area contributed by atoms with Crippen molar-refractivity contribution in [3.63, 3.8) is 0 Å². The van der Waals surface area contributed by atoms with Crippen molar-refractivity contribution in [2.45, 2.75) is 45.7 Å². The third kappa shape index (κ3) is 3.30. The number of hydrogen-bond acceptors (Lipinski definition) is 4. The summed E-state index contributed by atoms with van der Waals surface area (Å²) in [5, 5.41) is 9.12. The fourth-order valence-electron chi connectivity index (χ4n) is 4.24. The third-order valence-electron chi connectivity index (χ3n) is 5.57. The Balaban J connectivity index is 0.00000169. The standard InChI is InChI=1S/C18H27N5.ClH/c1-14(2)23-17-16(11-21-23)9-15(10-20-17)12-22-8-5-18(13-22)3-6-19-7-4-18;/h9-11,14,19H,3-8,12-13H2,1-2H3;1H. The SMILES string of the molecule is CC(C)n1ncc2cc(CN3CCC4(CCNCC4)C3)cnc21.Cl. The molecule has 0 aliphatic carbocycles. The molecule has 0 atom stereocenters. The van der Waals surface area contributed by atoms with Gasteiger partial charge in [0.25, 0.3) is 0 Å². The van der Waals surface area contributed by atoms with Gasteiger partial charge < -0.3 is 5.32 Å². The Labute approximate surface area is 150 Å². The summed E-state index contributed by atoms with van der Waals surface area (Å²) in [7, 11) is 0. The summed E-state index contributed by atoms with van der Waals surface area (Å²) < 4.78 is 2.00. The van der Waals surface area contributed by atoms with Crippen LogP contribution in [-0.2, 0) is 6.54 Å². The highest BCUT2D eigenvalue weighted by Crippen LogP contribution is 2.39. The lowest BCUT2D eigenvalue weighted by Crippen LogP contribution is -2.38. The monoisotopic (exact) mass is 349 g/mol. The lowest BCUT2D eigenvalue weighted by atomic mass is 9.78. The minimum atomic E-state index is 0. The van der Waals surface area contributed by atoms with Gasteiger partial charge in [0, 0.05) is 30.7 Å². The molecule has 2 aliphatic rings. The van der Waals surface area contributed by atoms with Crippen LogP contribution in [-0.4, -0.2) is 45.8 Å². The molecule has 4 heterocycles. The van der Waals surface area contributed by atoms with E-state index in [0.29, 0.717) is 11.5 Å². The van der Waals surface area contributed by atoms with Crippen molar-refractivity contribution in [1.82, 2.24) is 25.0 Å². The van der Waals surface area contributed by atoms with Crippen molar-refractivity contribution in [1.29, 1.82) is 0 Å². The van der Waals surface area contributed by atoms with E-state index in [1.165, 1.54) is 51.0 Å². The Hall–Kier alpha value is -1.17. The van der Waals surface area contributed by atoms with Gasteiger partial charge in [-0.15, -0.1) is 12.4 Å². The van der Waals surface area contributed by atoms with E-state index in [-0.39, 0.29) is 12.4 Å². The highest BCUT2D eigenvalue weighted by Gasteiger charge is 2.38. The molecule has 0 aromatic carbocycles. The molecule has 0 saturated carbocycles. The molecule has 0 bridgehead atoms. The molecule has 0 amide bonds. The number of nitrogens with zero attached hydrogens (tertiary/aromatic N) is 4. The maximum Gasteiger partial charge on any atom is 0.157 e. The van der Waals surface area contributed by atoms with Gasteiger partial charge in [-0.2, -0.15) is 5.10 Å². The van der Waals surface area contributed by atoms with Gasteiger partial charge in [-0.25, -0.2) is 9.67 Å². The molecule has 132 valence electrons. The first-order valence-corrected chi connectivity index (χ1v) is 8.90. The van der Waals surface area contributed by atoms with E-state index < -0.39 is 0 Å². The molecule has 1 N–H and O–H groups in total. The molecule has 24 heavy (non-hydrogen) atoms. The quantitative estimate of drug-likeness (QED) is 0.925. The van der Waals surface area contributed by atoms with Crippen molar-refractivity contribution in [2.75, 3.05) is 26.2 Å². The zero-order valence-electron chi connectivity index (χ0n) is 14.7. The molecule has 0 radical (unpaired) electrons. The van der Waals surface area contributed by atoms with Crippen molar-refractivity contribution in [3.05, 3.63) is 24.0 Å². The molecule has 2 aromatic rings. The van der Waals surface area contributed by atoms with Crippen LogP contribution in [0.3, 0.4) is 0 Å². The first kappa shape index (κ1) is 17.6. The number of halogens is 1. The Morgan fingerprint density at radius 1 is 1.21 bits per heavy atom. The summed E-state index contributed by atoms with van der Waals surface area (Å²) in [4.78, 5) is 7.28.